The van der Waals surface area contributed by atoms with Crippen molar-refractivity contribution in [2.75, 3.05) is 39.8 Å². The molecule has 0 radical (unpaired) electrons. The number of carbonyl (C=O) groups is 1. The Labute approximate surface area is 187 Å². The van der Waals surface area contributed by atoms with Crippen molar-refractivity contribution in [1.82, 2.24) is 29.5 Å². The lowest BCUT2D eigenvalue weighted by atomic mass is 10.2. The number of carbonyl (C=O) groups excluding carboxylic acids is 1. The molecule has 0 atom stereocenters. The number of hydrogen-bond donors (Lipinski definition) is 0. The molecule has 0 N–H and O–H groups in total. The molecule has 0 aliphatic carbocycles. The van der Waals surface area contributed by atoms with Gasteiger partial charge in [-0.1, -0.05) is 19.9 Å². The molecular weight excluding hydrogens is 412 g/mol. The Hall–Kier alpha value is -2.62. The highest BCUT2D eigenvalue weighted by atomic mass is 32.1. The first-order valence-corrected chi connectivity index (χ1v) is 11.5. The van der Waals surface area contributed by atoms with E-state index in [9.17, 15) is 4.79 Å². The van der Waals surface area contributed by atoms with Crippen molar-refractivity contribution in [3.05, 3.63) is 47.2 Å². The topological polar surface area (TPSA) is 76.4 Å². The number of hydrogen-bond acceptors (Lipinski definition) is 7. The first kappa shape index (κ1) is 23.1. The van der Waals surface area contributed by atoms with Crippen molar-refractivity contribution in [3.8, 4) is 16.5 Å². The minimum absolute atomic E-state index is 0.0534. The summed E-state index contributed by atoms with van der Waals surface area (Å²) in [4.78, 5) is 27.6. The number of nitrogens with zero attached hydrogens (tertiary/aromatic N) is 6. The maximum absolute atomic E-state index is 13.3. The van der Waals surface area contributed by atoms with Crippen molar-refractivity contribution in [1.29, 1.82) is 0 Å². The zero-order valence-corrected chi connectivity index (χ0v) is 19.4. The summed E-state index contributed by atoms with van der Waals surface area (Å²) in [5.74, 6) is 0.366. The molecule has 3 rings (SSSR count). The molecule has 0 spiro atoms. The summed E-state index contributed by atoms with van der Waals surface area (Å²) in [5.41, 5.74) is 1.99. The van der Waals surface area contributed by atoms with Gasteiger partial charge in [-0.05, 0) is 37.5 Å². The third kappa shape index (κ3) is 5.36. The molecule has 8 nitrogen and oxygen atoms in total. The van der Waals surface area contributed by atoms with Crippen LogP contribution in [0, 0.1) is 0 Å². The number of thiophene rings is 1. The van der Waals surface area contributed by atoms with E-state index in [1.165, 1.54) is 0 Å². The summed E-state index contributed by atoms with van der Waals surface area (Å²) in [7, 11) is 1.60. The summed E-state index contributed by atoms with van der Waals surface area (Å²) in [5, 5.41) is 6.46. The quantitative estimate of drug-likeness (QED) is 0.453. The molecular formula is C22H30N6O2S. The predicted molar refractivity (Wildman–Crippen MR) is 123 cm³/mol. The van der Waals surface area contributed by atoms with Gasteiger partial charge in [0.1, 0.15) is 0 Å². The Balaban J connectivity index is 1.89. The second kappa shape index (κ2) is 11.1. The molecule has 0 saturated carbocycles. The number of rotatable bonds is 11. The Morgan fingerprint density at radius 2 is 1.97 bits per heavy atom. The maximum Gasteiger partial charge on any atom is 0.257 e. The van der Waals surface area contributed by atoms with E-state index >= 15 is 0 Å². The highest BCUT2D eigenvalue weighted by Crippen LogP contribution is 2.23. The van der Waals surface area contributed by atoms with Crippen molar-refractivity contribution >= 4 is 17.2 Å². The van der Waals surface area contributed by atoms with E-state index < -0.39 is 0 Å². The van der Waals surface area contributed by atoms with Gasteiger partial charge in [-0.15, -0.1) is 11.3 Å². The Bertz CT molecular complexity index is 968. The van der Waals surface area contributed by atoms with Gasteiger partial charge in [0.25, 0.3) is 11.9 Å². The van der Waals surface area contributed by atoms with Crippen LogP contribution in [0.1, 0.15) is 36.8 Å². The smallest absolute Gasteiger partial charge is 0.257 e. The van der Waals surface area contributed by atoms with Crippen LogP contribution in [0.15, 0.2) is 36.0 Å². The molecule has 0 aromatic carbocycles. The normalized spacial score (nSPS) is 11.3. The van der Waals surface area contributed by atoms with Gasteiger partial charge in [0.2, 0.25) is 0 Å². The van der Waals surface area contributed by atoms with E-state index in [1.807, 2.05) is 35.4 Å². The average molecular weight is 443 g/mol. The summed E-state index contributed by atoms with van der Waals surface area (Å²) < 4.78 is 7.00. The molecule has 31 heavy (non-hydrogen) atoms. The largest absolute Gasteiger partial charge is 0.378 e. The van der Waals surface area contributed by atoms with Crippen LogP contribution in [0.5, 0.6) is 0 Å². The SMILES string of the molecule is CCN(CC)CCN(CC)C(=O)c1cnn(-c2nccc(-c3cccs3)n2)c1COC. The lowest BCUT2D eigenvalue weighted by Crippen LogP contribution is -2.38. The summed E-state index contributed by atoms with van der Waals surface area (Å²) in [6.45, 7) is 10.6. The van der Waals surface area contributed by atoms with E-state index in [1.54, 1.807) is 35.5 Å². The molecule has 0 unspecified atom stereocenters. The second-order valence-electron chi connectivity index (χ2n) is 6.98. The van der Waals surface area contributed by atoms with Crippen molar-refractivity contribution in [3.63, 3.8) is 0 Å². The fourth-order valence-corrected chi connectivity index (χ4v) is 4.08. The second-order valence-corrected chi connectivity index (χ2v) is 7.93. The van der Waals surface area contributed by atoms with Gasteiger partial charge in [-0.25, -0.2) is 9.97 Å². The van der Waals surface area contributed by atoms with Crippen LogP contribution in [0.25, 0.3) is 16.5 Å². The first-order chi connectivity index (χ1) is 15.1. The fourth-order valence-electron chi connectivity index (χ4n) is 3.39. The third-order valence-electron chi connectivity index (χ3n) is 5.24. The minimum Gasteiger partial charge on any atom is -0.378 e. The molecule has 3 aromatic heterocycles. The predicted octanol–water partition coefficient (Wildman–Crippen LogP) is 3.34. The molecule has 0 fully saturated rings. The molecule has 0 bridgehead atoms. The van der Waals surface area contributed by atoms with Crippen molar-refractivity contribution in [2.45, 2.75) is 27.4 Å². The number of aromatic nitrogens is 4. The fraction of sp³-hybridized carbons (Fsp3) is 0.455. The molecule has 9 heteroatoms. The van der Waals surface area contributed by atoms with Crippen LogP contribution in [0.3, 0.4) is 0 Å². The monoisotopic (exact) mass is 442 g/mol. The number of likely N-dealkylation sites (N-methyl/N-ethyl adjacent to an activating group) is 2. The highest BCUT2D eigenvalue weighted by molar-refractivity contribution is 7.13. The molecule has 0 saturated heterocycles. The van der Waals surface area contributed by atoms with Gasteiger partial charge < -0.3 is 14.5 Å². The van der Waals surface area contributed by atoms with E-state index in [4.69, 9.17) is 4.74 Å². The van der Waals surface area contributed by atoms with Gasteiger partial charge in [0.05, 0.1) is 34.6 Å². The van der Waals surface area contributed by atoms with E-state index in [2.05, 4.69) is 33.8 Å². The zero-order valence-electron chi connectivity index (χ0n) is 18.6. The lowest BCUT2D eigenvalue weighted by molar-refractivity contribution is 0.0741. The van der Waals surface area contributed by atoms with Crippen LogP contribution in [0.4, 0.5) is 0 Å². The van der Waals surface area contributed by atoms with E-state index in [-0.39, 0.29) is 12.5 Å². The number of ether oxygens (including phenoxy) is 1. The molecule has 1 amide bonds. The highest BCUT2D eigenvalue weighted by Gasteiger charge is 2.24. The van der Waals surface area contributed by atoms with Gasteiger partial charge in [-0.2, -0.15) is 9.78 Å². The van der Waals surface area contributed by atoms with Crippen molar-refractivity contribution in [2.24, 2.45) is 0 Å². The average Bonchev–Trinajstić information content (AvgIpc) is 3.47. The molecule has 0 aliphatic heterocycles. The Morgan fingerprint density at radius 3 is 2.61 bits per heavy atom. The number of amides is 1. The summed E-state index contributed by atoms with van der Waals surface area (Å²) in [6, 6.07) is 5.87. The summed E-state index contributed by atoms with van der Waals surface area (Å²) >= 11 is 1.61. The zero-order chi connectivity index (χ0) is 22.2. The number of methoxy groups -OCH3 is 1. The van der Waals surface area contributed by atoms with Crippen LogP contribution in [-0.2, 0) is 11.3 Å². The lowest BCUT2D eigenvalue weighted by Gasteiger charge is -2.25. The van der Waals surface area contributed by atoms with Gasteiger partial charge >= 0.3 is 0 Å². The van der Waals surface area contributed by atoms with Gasteiger partial charge in [0, 0.05) is 32.9 Å². The van der Waals surface area contributed by atoms with E-state index in [0.29, 0.717) is 30.3 Å². The maximum atomic E-state index is 13.3. The van der Waals surface area contributed by atoms with Crippen LogP contribution >= 0.6 is 11.3 Å². The van der Waals surface area contributed by atoms with Gasteiger partial charge in [0.15, 0.2) is 0 Å². The van der Waals surface area contributed by atoms with Crippen LogP contribution in [0.2, 0.25) is 0 Å². The van der Waals surface area contributed by atoms with Gasteiger partial charge in [-0.3, -0.25) is 4.79 Å². The van der Waals surface area contributed by atoms with Crippen LogP contribution in [-0.4, -0.2) is 75.3 Å². The van der Waals surface area contributed by atoms with Crippen molar-refractivity contribution < 1.29 is 9.53 Å². The Morgan fingerprint density at radius 1 is 1.16 bits per heavy atom. The molecule has 0 aliphatic rings. The van der Waals surface area contributed by atoms with E-state index in [0.717, 1.165) is 30.2 Å². The Kier molecular flexibility index (Phi) is 8.27. The summed E-state index contributed by atoms with van der Waals surface area (Å²) in [6.07, 6.45) is 3.30. The molecule has 3 aromatic rings. The van der Waals surface area contributed by atoms with Crippen LogP contribution < -0.4 is 0 Å². The minimum atomic E-state index is -0.0534. The standard InChI is InChI=1S/C22H30N6O2S/c1-5-26(6-2)12-13-27(7-3)21(29)17-15-24-28(19(17)16-30-4)22-23-11-10-18(25-22)20-9-8-14-31-20/h8-11,14-15H,5-7,12-13,16H2,1-4H3. The first-order valence-electron chi connectivity index (χ1n) is 10.6. The molecule has 166 valence electrons. The molecule has 3 heterocycles. The third-order valence-corrected chi connectivity index (χ3v) is 6.13.